The van der Waals surface area contributed by atoms with Gasteiger partial charge in [-0.15, -0.1) is 0 Å². The molecule has 0 fully saturated rings. The predicted molar refractivity (Wildman–Crippen MR) is 113 cm³/mol. The third kappa shape index (κ3) is 3.88. The van der Waals surface area contributed by atoms with Gasteiger partial charge in [-0.1, -0.05) is 17.4 Å². The molecule has 0 radical (unpaired) electrons. The van der Waals surface area contributed by atoms with E-state index in [1.54, 1.807) is 0 Å². The molecule has 2 N–H and O–H groups in total. The molecule has 5 nitrogen and oxygen atoms in total. The van der Waals surface area contributed by atoms with Crippen molar-refractivity contribution in [3.8, 4) is 5.69 Å². The van der Waals surface area contributed by atoms with Gasteiger partial charge >= 0.3 is 12.2 Å². The van der Waals surface area contributed by atoms with Crippen molar-refractivity contribution in [1.82, 2.24) is 9.55 Å². The number of carbonyl (C=O) groups excluding carboxylic acids is 1. The second-order valence-corrected chi connectivity index (χ2v) is 7.79. The van der Waals surface area contributed by atoms with E-state index < -0.39 is 17.8 Å². The first-order valence-electron chi connectivity index (χ1n) is 9.02. The number of pyridine rings is 1. The topological polar surface area (TPSA) is 59.0 Å². The molecule has 3 aromatic heterocycles. The summed E-state index contributed by atoms with van der Waals surface area (Å²) < 4.78 is 40.6. The Balaban J connectivity index is 1.68. The number of amides is 2. The molecule has 0 saturated heterocycles. The van der Waals surface area contributed by atoms with E-state index in [2.05, 4.69) is 15.6 Å². The zero-order valence-corrected chi connectivity index (χ0v) is 16.9. The number of thiophene rings is 1. The summed E-state index contributed by atoms with van der Waals surface area (Å²) >= 11 is 1.31. The van der Waals surface area contributed by atoms with Gasteiger partial charge in [-0.05, 0) is 55.8 Å². The fourth-order valence-electron chi connectivity index (χ4n) is 3.28. The number of alkyl halides is 3. The summed E-state index contributed by atoms with van der Waals surface area (Å²) in [5, 5.41) is 6.70. The zero-order chi connectivity index (χ0) is 21.5. The summed E-state index contributed by atoms with van der Waals surface area (Å²) in [6.07, 6.45) is -0.768. The average molecular weight is 430 g/mol. The Morgan fingerprint density at radius 1 is 1.07 bits per heavy atom. The van der Waals surface area contributed by atoms with Gasteiger partial charge in [-0.25, -0.2) is 9.78 Å². The fraction of sp³-hybridized carbons (Fsp3) is 0.143. The van der Waals surface area contributed by atoms with E-state index in [0.29, 0.717) is 5.00 Å². The number of hydrogen-bond acceptors (Lipinski definition) is 3. The van der Waals surface area contributed by atoms with Gasteiger partial charge in [-0.2, -0.15) is 13.2 Å². The third-order valence-electron chi connectivity index (χ3n) is 4.50. The van der Waals surface area contributed by atoms with Crippen molar-refractivity contribution in [3.63, 3.8) is 0 Å². The molecule has 0 aliphatic carbocycles. The van der Waals surface area contributed by atoms with Gasteiger partial charge in [0.15, 0.2) is 0 Å². The SMILES string of the molecule is Cc1cc(C)c2c(-n3cccc3)c(NC(=O)Nc3cccc(C(F)(F)F)c3)sc2n1. The van der Waals surface area contributed by atoms with Crippen LogP contribution < -0.4 is 10.6 Å². The molecule has 0 atom stereocenters. The average Bonchev–Trinajstić information content (AvgIpc) is 3.28. The summed E-state index contributed by atoms with van der Waals surface area (Å²) in [5.41, 5.74) is 1.87. The van der Waals surface area contributed by atoms with Crippen LogP contribution in [0, 0.1) is 13.8 Å². The number of rotatable bonds is 3. The fourth-order valence-corrected chi connectivity index (χ4v) is 4.47. The number of nitrogens with zero attached hydrogens (tertiary/aromatic N) is 2. The number of aromatic nitrogens is 2. The molecule has 0 spiro atoms. The number of urea groups is 1. The second kappa shape index (κ2) is 7.49. The zero-order valence-electron chi connectivity index (χ0n) is 16.0. The molecule has 0 aliphatic rings. The first kappa shape index (κ1) is 20.0. The van der Waals surface area contributed by atoms with Crippen LogP contribution in [0.2, 0.25) is 0 Å². The molecule has 4 rings (SSSR count). The van der Waals surface area contributed by atoms with Crippen LogP contribution in [0.25, 0.3) is 15.9 Å². The van der Waals surface area contributed by atoms with Crippen molar-refractivity contribution in [3.05, 3.63) is 71.7 Å². The molecule has 3 heterocycles. The van der Waals surface area contributed by atoms with Crippen LogP contribution in [0.3, 0.4) is 0 Å². The Hall–Kier alpha value is -3.33. The molecular weight excluding hydrogens is 413 g/mol. The van der Waals surface area contributed by atoms with Gasteiger partial charge in [0.2, 0.25) is 0 Å². The van der Waals surface area contributed by atoms with E-state index >= 15 is 0 Å². The minimum absolute atomic E-state index is 0.0519. The monoisotopic (exact) mass is 430 g/mol. The lowest BCUT2D eigenvalue weighted by molar-refractivity contribution is -0.137. The number of benzene rings is 1. The summed E-state index contributed by atoms with van der Waals surface area (Å²) in [5.74, 6) is 0. The number of halogens is 3. The van der Waals surface area contributed by atoms with Crippen LogP contribution in [-0.4, -0.2) is 15.6 Å². The Morgan fingerprint density at radius 2 is 1.80 bits per heavy atom. The summed E-state index contributed by atoms with van der Waals surface area (Å²) in [6, 6.07) is 9.57. The molecule has 0 saturated carbocycles. The number of fused-ring (bicyclic) bond motifs is 1. The van der Waals surface area contributed by atoms with Crippen molar-refractivity contribution in [2.75, 3.05) is 10.6 Å². The highest BCUT2D eigenvalue weighted by molar-refractivity contribution is 7.23. The van der Waals surface area contributed by atoms with E-state index in [1.807, 2.05) is 49.0 Å². The first-order chi connectivity index (χ1) is 14.2. The Morgan fingerprint density at radius 3 is 2.50 bits per heavy atom. The number of anilines is 2. The third-order valence-corrected chi connectivity index (χ3v) is 5.49. The van der Waals surface area contributed by atoms with Gasteiger partial charge in [0, 0.05) is 29.2 Å². The summed E-state index contributed by atoms with van der Waals surface area (Å²) in [6.45, 7) is 3.87. The smallest absolute Gasteiger partial charge is 0.321 e. The minimum Gasteiger partial charge on any atom is -0.321 e. The van der Waals surface area contributed by atoms with Crippen LogP contribution in [-0.2, 0) is 6.18 Å². The van der Waals surface area contributed by atoms with Gasteiger partial charge in [0.05, 0.1) is 11.3 Å². The lowest BCUT2D eigenvalue weighted by Crippen LogP contribution is -2.20. The van der Waals surface area contributed by atoms with E-state index in [1.165, 1.54) is 23.5 Å². The number of carbonyl (C=O) groups is 1. The standard InChI is InChI=1S/C21H17F3N4OS/c1-12-10-13(2)25-18-16(12)17(28-8-3-4-9-28)19(30-18)27-20(29)26-15-7-5-6-14(11-15)21(22,23)24/h3-11H,1-2H3,(H2,26,27,29). The van der Waals surface area contributed by atoms with Gasteiger partial charge < -0.3 is 9.88 Å². The number of hydrogen-bond donors (Lipinski definition) is 2. The Kier molecular flexibility index (Phi) is 4.98. The first-order valence-corrected chi connectivity index (χ1v) is 9.83. The molecule has 30 heavy (non-hydrogen) atoms. The van der Waals surface area contributed by atoms with Crippen LogP contribution in [0.4, 0.5) is 28.7 Å². The van der Waals surface area contributed by atoms with E-state index in [-0.39, 0.29) is 5.69 Å². The highest BCUT2D eigenvalue weighted by atomic mass is 32.1. The number of nitrogens with one attached hydrogen (secondary N) is 2. The van der Waals surface area contributed by atoms with E-state index in [4.69, 9.17) is 0 Å². The molecule has 4 aromatic rings. The van der Waals surface area contributed by atoms with Gasteiger partial charge in [0.25, 0.3) is 0 Å². The lowest BCUT2D eigenvalue weighted by atomic mass is 10.1. The molecule has 0 unspecified atom stereocenters. The molecule has 0 aliphatic heterocycles. The van der Waals surface area contributed by atoms with Crippen molar-refractivity contribution in [2.24, 2.45) is 0 Å². The quantitative estimate of drug-likeness (QED) is 0.397. The van der Waals surface area contributed by atoms with E-state index in [0.717, 1.165) is 39.3 Å². The van der Waals surface area contributed by atoms with Crippen LogP contribution >= 0.6 is 11.3 Å². The lowest BCUT2D eigenvalue weighted by Gasteiger charge is -2.12. The van der Waals surface area contributed by atoms with Crippen LogP contribution in [0.5, 0.6) is 0 Å². The van der Waals surface area contributed by atoms with Gasteiger partial charge in [0.1, 0.15) is 9.83 Å². The highest BCUT2D eigenvalue weighted by Crippen LogP contribution is 2.40. The highest BCUT2D eigenvalue weighted by Gasteiger charge is 2.30. The number of aryl methyl sites for hydroxylation is 2. The molecule has 1 aromatic carbocycles. The Bertz CT molecular complexity index is 1230. The second-order valence-electron chi connectivity index (χ2n) is 6.79. The maximum Gasteiger partial charge on any atom is 0.416 e. The van der Waals surface area contributed by atoms with Gasteiger partial charge in [-0.3, -0.25) is 5.32 Å². The van der Waals surface area contributed by atoms with Crippen molar-refractivity contribution >= 4 is 38.3 Å². The van der Waals surface area contributed by atoms with Crippen molar-refractivity contribution in [2.45, 2.75) is 20.0 Å². The molecule has 2 amide bonds. The normalized spacial score (nSPS) is 11.6. The molecule has 0 bridgehead atoms. The molecule has 154 valence electrons. The Labute approximate surface area is 174 Å². The summed E-state index contributed by atoms with van der Waals surface area (Å²) in [7, 11) is 0. The van der Waals surface area contributed by atoms with Crippen LogP contribution in [0.1, 0.15) is 16.8 Å². The van der Waals surface area contributed by atoms with Crippen LogP contribution in [0.15, 0.2) is 54.9 Å². The largest absolute Gasteiger partial charge is 0.416 e. The predicted octanol–water partition coefficient (Wildman–Crippen LogP) is 6.37. The summed E-state index contributed by atoms with van der Waals surface area (Å²) in [4.78, 5) is 17.9. The maximum absolute atomic E-state index is 12.9. The molecular formula is C21H17F3N4OS. The molecule has 9 heteroatoms. The maximum atomic E-state index is 12.9. The van der Waals surface area contributed by atoms with E-state index in [9.17, 15) is 18.0 Å². The van der Waals surface area contributed by atoms with Crippen molar-refractivity contribution in [1.29, 1.82) is 0 Å². The minimum atomic E-state index is -4.48. The van der Waals surface area contributed by atoms with Crippen molar-refractivity contribution < 1.29 is 18.0 Å².